The second kappa shape index (κ2) is 9.92. The molecule has 0 bridgehead atoms. The van der Waals surface area contributed by atoms with E-state index in [1.165, 1.54) is 6.42 Å². The summed E-state index contributed by atoms with van der Waals surface area (Å²) in [6.45, 7) is 7.82. The minimum absolute atomic E-state index is 0. The van der Waals surface area contributed by atoms with Gasteiger partial charge < -0.3 is 15.0 Å². The van der Waals surface area contributed by atoms with Crippen LogP contribution in [0.15, 0.2) is 53.7 Å². The maximum Gasteiger partial charge on any atom is 0.218 e. The summed E-state index contributed by atoms with van der Waals surface area (Å²) in [5, 5.41) is 3.46. The second-order valence-electron chi connectivity index (χ2n) is 7.48. The van der Waals surface area contributed by atoms with Crippen LogP contribution in [0.25, 0.3) is 0 Å². The van der Waals surface area contributed by atoms with Crippen LogP contribution in [-0.2, 0) is 13.2 Å². The second-order valence-corrected chi connectivity index (χ2v) is 7.48. The zero-order valence-electron chi connectivity index (χ0n) is 16.3. The standard InChI is InChI=1S/C21H28N4O.HI/c1-21(2)11-13-25(16-21)20(22-3)24-14-18-10-7-12-23-19(18)26-15-17-8-5-4-6-9-17;/h4-10,12H,11,13-16H2,1-3H3,(H,22,24);1H. The molecule has 0 aliphatic carbocycles. The number of guanidine groups is 1. The van der Waals surface area contributed by atoms with Crippen LogP contribution in [0.4, 0.5) is 0 Å². The van der Waals surface area contributed by atoms with Gasteiger partial charge in [-0.15, -0.1) is 24.0 Å². The fourth-order valence-electron chi connectivity index (χ4n) is 3.21. The molecule has 2 heterocycles. The molecule has 5 nitrogen and oxygen atoms in total. The van der Waals surface area contributed by atoms with Crippen LogP contribution in [0, 0.1) is 5.41 Å². The highest BCUT2D eigenvalue weighted by atomic mass is 127. The predicted octanol–water partition coefficient (Wildman–Crippen LogP) is 4.09. The molecule has 1 aromatic heterocycles. The number of pyridine rings is 1. The zero-order chi connectivity index (χ0) is 18.4. The van der Waals surface area contributed by atoms with Crippen LogP contribution in [0.3, 0.4) is 0 Å². The van der Waals surface area contributed by atoms with Crippen molar-refractivity contribution in [2.75, 3.05) is 20.1 Å². The summed E-state index contributed by atoms with van der Waals surface area (Å²) >= 11 is 0. The van der Waals surface area contributed by atoms with Crippen molar-refractivity contribution in [1.82, 2.24) is 15.2 Å². The van der Waals surface area contributed by atoms with E-state index in [-0.39, 0.29) is 24.0 Å². The van der Waals surface area contributed by atoms with Crippen molar-refractivity contribution in [3.63, 3.8) is 0 Å². The number of nitrogens with zero attached hydrogens (tertiary/aromatic N) is 3. The maximum atomic E-state index is 5.94. The van der Waals surface area contributed by atoms with E-state index in [2.05, 4.69) is 46.2 Å². The number of hydrogen-bond donors (Lipinski definition) is 1. The van der Waals surface area contributed by atoms with E-state index in [0.717, 1.165) is 30.2 Å². The molecule has 1 aliphatic heterocycles. The topological polar surface area (TPSA) is 49.8 Å². The fraction of sp³-hybridized carbons (Fsp3) is 0.429. The van der Waals surface area contributed by atoms with Crippen molar-refractivity contribution in [1.29, 1.82) is 0 Å². The number of halogens is 1. The van der Waals surface area contributed by atoms with Gasteiger partial charge in [-0.1, -0.05) is 50.2 Å². The molecule has 0 spiro atoms. The highest BCUT2D eigenvalue weighted by molar-refractivity contribution is 14.0. The normalized spacial score (nSPS) is 16.0. The van der Waals surface area contributed by atoms with Gasteiger partial charge in [0.15, 0.2) is 5.96 Å². The van der Waals surface area contributed by atoms with Gasteiger partial charge in [-0.25, -0.2) is 4.98 Å². The molecule has 0 saturated carbocycles. The Morgan fingerprint density at radius 2 is 2.00 bits per heavy atom. The Morgan fingerprint density at radius 1 is 1.22 bits per heavy atom. The number of aliphatic imine (C=N–C) groups is 1. The molecule has 1 aliphatic rings. The van der Waals surface area contributed by atoms with E-state index in [1.54, 1.807) is 6.20 Å². The number of likely N-dealkylation sites (tertiary alicyclic amines) is 1. The van der Waals surface area contributed by atoms with E-state index >= 15 is 0 Å². The lowest BCUT2D eigenvalue weighted by Crippen LogP contribution is -2.40. The third-order valence-electron chi connectivity index (χ3n) is 4.69. The van der Waals surface area contributed by atoms with Gasteiger partial charge >= 0.3 is 0 Å². The van der Waals surface area contributed by atoms with Crippen LogP contribution >= 0.6 is 24.0 Å². The molecule has 3 rings (SSSR count). The van der Waals surface area contributed by atoms with E-state index in [0.29, 0.717) is 24.4 Å². The lowest BCUT2D eigenvalue weighted by Gasteiger charge is -2.24. The molecule has 1 saturated heterocycles. The Kier molecular flexibility index (Phi) is 7.89. The first-order chi connectivity index (χ1) is 12.6. The van der Waals surface area contributed by atoms with Gasteiger partial charge in [-0.05, 0) is 23.5 Å². The minimum Gasteiger partial charge on any atom is -0.473 e. The molecule has 0 amide bonds. The summed E-state index contributed by atoms with van der Waals surface area (Å²) in [4.78, 5) is 11.2. The fourth-order valence-corrected chi connectivity index (χ4v) is 3.21. The molecule has 6 heteroatoms. The molecule has 1 N–H and O–H groups in total. The highest BCUT2D eigenvalue weighted by Crippen LogP contribution is 2.28. The summed E-state index contributed by atoms with van der Waals surface area (Å²) in [6, 6.07) is 14.1. The van der Waals surface area contributed by atoms with Gasteiger partial charge in [0.05, 0.1) is 0 Å². The van der Waals surface area contributed by atoms with Gasteiger partial charge in [-0.3, -0.25) is 4.99 Å². The lowest BCUT2D eigenvalue weighted by atomic mass is 9.93. The SMILES string of the molecule is CN=C(NCc1cccnc1OCc1ccccc1)N1CCC(C)(C)C1.I. The highest BCUT2D eigenvalue weighted by Gasteiger charge is 2.30. The average Bonchev–Trinajstić information content (AvgIpc) is 3.02. The molecule has 1 aromatic carbocycles. The number of nitrogens with one attached hydrogen (secondary N) is 1. The van der Waals surface area contributed by atoms with Crippen LogP contribution < -0.4 is 10.1 Å². The third-order valence-corrected chi connectivity index (χ3v) is 4.69. The van der Waals surface area contributed by atoms with Crippen molar-refractivity contribution in [2.45, 2.75) is 33.4 Å². The molecular weight excluding hydrogens is 451 g/mol. The lowest BCUT2D eigenvalue weighted by molar-refractivity contribution is 0.290. The summed E-state index contributed by atoms with van der Waals surface area (Å²) in [5.41, 5.74) is 2.51. The summed E-state index contributed by atoms with van der Waals surface area (Å²) < 4.78 is 5.94. The van der Waals surface area contributed by atoms with Gasteiger partial charge in [0, 0.05) is 38.4 Å². The van der Waals surface area contributed by atoms with Crippen molar-refractivity contribution >= 4 is 29.9 Å². The van der Waals surface area contributed by atoms with Crippen molar-refractivity contribution < 1.29 is 4.74 Å². The van der Waals surface area contributed by atoms with Crippen LogP contribution in [0.5, 0.6) is 5.88 Å². The molecule has 0 unspecified atom stereocenters. The van der Waals surface area contributed by atoms with E-state index in [9.17, 15) is 0 Å². The Balaban J connectivity index is 0.00000261. The largest absolute Gasteiger partial charge is 0.473 e. The number of aromatic nitrogens is 1. The Hall–Kier alpha value is -1.83. The van der Waals surface area contributed by atoms with Gasteiger partial charge in [-0.2, -0.15) is 0 Å². The van der Waals surface area contributed by atoms with Gasteiger partial charge in [0.25, 0.3) is 0 Å². The van der Waals surface area contributed by atoms with Crippen molar-refractivity contribution in [3.05, 3.63) is 59.8 Å². The van der Waals surface area contributed by atoms with Crippen molar-refractivity contribution in [3.8, 4) is 5.88 Å². The third kappa shape index (κ3) is 6.09. The Bertz CT molecular complexity index is 749. The number of ether oxygens (including phenoxy) is 1. The molecule has 1 fully saturated rings. The van der Waals surface area contributed by atoms with Gasteiger partial charge in [0.1, 0.15) is 6.61 Å². The minimum atomic E-state index is 0. The summed E-state index contributed by atoms with van der Waals surface area (Å²) in [6.07, 6.45) is 2.95. The summed E-state index contributed by atoms with van der Waals surface area (Å²) in [7, 11) is 1.84. The van der Waals surface area contributed by atoms with E-state index < -0.39 is 0 Å². The number of benzene rings is 1. The Morgan fingerprint density at radius 3 is 2.67 bits per heavy atom. The summed E-state index contributed by atoms with van der Waals surface area (Å²) in [5.74, 6) is 1.61. The van der Waals surface area contributed by atoms with Crippen molar-refractivity contribution in [2.24, 2.45) is 10.4 Å². The van der Waals surface area contributed by atoms with E-state index in [4.69, 9.17) is 4.74 Å². The van der Waals surface area contributed by atoms with Crippen LogP contribution in [-0.4, -0.2) is 36.0 Å². The van der Waals surface area contributed by atoms with E-state index in [1.807, 2.05) is 37.4 Å². The smallest absolute Gasteiger partial charge is 0.218 e. The molecule has 2 aromatic rings. The molecule has 0 atom stereocenters. The van der Waals surface area contributed by atoms with Crippen LogP contribution in [0.2, 0.25) is 0 Å². The quantitative estimate of drug-likeness (QED) is 0.398. The number of hydrogen-bond acceptors (Lipinski definition) is 3. The zero-order valence-corrected chi connectivity index (χ0v) is 18.6. The van der Waals surface area contributed by atoms with Gasteiger partial charge in [0.2, 0.25) is 5.88 Å². The molecule has 27 heavy (non-hydrogen) atoms. The average molecular weight is 480 g/mol. The first-order valence-electron chi connectivity index (χ1n) is 9.14. The molecule has 146 valence electrons. The first-order valence-corrected chi connectivity index (χ1v) is 9.14. The predicted molar refractivity (Wildman–Crippen MR) is 121 cm³/mol. The number of rotatable bonds is 5. The first kappa shape index (κ1) is 21.5. The molecule has 0 radical (unpaired) electrons. The monoisotopic (exact) mass is 480 g/mol. The van der Waals surface area contributed by atoms with Crippen LogP contribution in [0.1, 0.15) is 31.4 Å². The maximum absolute atomic E-state index is 5.94. The molecular formula is C21H29IN4O. The Labute approximate surface area is 179 Å².